The highest BCUT2D eigenvalue weighted by Gasteiger charge is 2.19. The Morgan fingerprint density at radius 3 is 2.00 bits per heavy atom. The summed E-state index contributed by atoms with van der Waals surface area (Å²) in [6.45, 7) is 12.9. The van der Waals surface area contributed by atoms with Crippen LogP contribution in [0.2, 0.25) is 0 Å². The summed E-state index contributed by atoms with van der Waals surface area (Å²) in [5.41, 5.74) is 4.94. The van der Waals surface area contributed by atoms with Crippen LogP contribution >= 0.6 is 0 Å². The van der Waals surface area contributed by atoms with E-state index in [1.54, 1.807) is 7.11 Å². The molecule has 1 unspecified atom stereocenters. The number of benzene rings is 1. The Balaban J connectivity index is 3.41. The molecule has 0 aromatic heterocycles. The van der Waals surface area contributed by atoms with Gasteiger partial charge in [0.15, 0.2) is 0 Å². The third-order valence-electron chi connectivity index (χ3n) is 3.91. The lowest BCUT2D eigenvalue weighted by atomic mass is 9.94. The highest BCUT2D eigenvalue weighted by molar-refractivity contribution is 5.58. The van der Waals surface area contributed by atoms with Crippen LogP contribution in [-0.2, 0) is 6.42 Å². The first-order valence-corrected chi connectivity index (χ1v) is 7.31. The number of hydrogen-bond donors (Lipinski definition) is 0. The number of methoxy groups -OCH3 is 1. The summed E-state index contributed by atoms with van der Waals surface area (Å²) < 4.78 is 11.8. The van der Waals surface area contributed by atoms with E-state index in [9.17, 15) is 0 Å². The molecule has 1 aromatic rings. The molecule has 2 nitrogen and oxygen atoms in total. The zero-order valence-corrected chi connectivity index (χ0v) is 13.5. The SMILES string of the molecule is CCCc1c(C)c(OC)c(C)c(C)c1OC(C)CC. The molecular formula is C17H28O2. The molecule has 0 amide bonds. The van der Waals surface area contributed by atoms with E-state index in [1.807, 2.05) is 0 Å². The molecule has 0 saturated heterocycles. The highest BCUT2D eigenvalue weighted by Crippen LogP contribution is 2.38. The predicted molar refractivity (Wildman–Crippen MR) is 81.6 cm³/mol. The molecular weight excluding hydrogens is 236 g/mol. The fourth-order valence-electron chi connectivity index (χ4n) is 2.46. The van der Waals surface area contributed by atoms with Gasteiger partial charge in [-0.2, -0.15) is 0 Å². The number of hydrogen-bond acceptors (Lipinski definition) is 2. The molecule has 0 fully saturated rings. The van der Waals surface area contributed by atoms with E-state index in [2.05, 4.69) is 41.5 Å². The summed E-state index contributed by atoms with van der Waals surface area (Å²) in [6, 6.07) is 0. The van der Waals surface area contributed by atoms with Crippen molar-refractivity contribution in [2.75, 3.05) is 7.11 Å². The van der Waals surface area contributed by atoms with Gasteiger partial charge in [0.05, 0.1) is 13.2 Å². The quantitative estimate of drug-likeness (QED) is 0.738. The van der Waals surface area contributed by atoms with Crippen LogP contribution in [0.25, 0.3) is 0 Å². The lowest BCUT2D eigenvalue weighted by molar-refractivity contribution is 0.213. The van der Waals surface area contributed by atoms with E-state index in [0.29, 0.717) is 0 Å². The normalized spacial score (nSPS) is 12.4. The van der Waals surface area contributed by atoms with Crippen molar-refractivity contribution < 1.29 is 9.47 Å². The van der Waals surface area contributed by atoms with Crippen molar-refractivity contribution >= 4 is 0 Å². The minimum Gasteiger partial charge on any atom is -0.496 e. The molecule has 0 spiro atoms. The Labute approximate surface area is 118 Å². The van der Waals surface area contributed by atoms with Gasteiger partial charge in [-0.15, -0.1) is 0 Å². The fraction of sp³-hybridized carbons (Fsp3) is 0.647. The summed E-state index contributed by atoms with van der Waals surface area (Å²) in [4.78, 5) is 0. The summed E-state index contributed by atoms with van der Waals surface area (Å²) in [6.07, 6.45) is 3.43. The van der Waals surface area contributed by atoms with Crippen LogP contribution in [0.1, 0.15) is 55.9 Å². The van der Waals surface area contributed by atoms with Gasteiger partial charge in [0.1, 0.15) is 11.5 Å². The van der Waals surface area contributed by atoms with Gasteiger partial charge in [0.2, 0.25) is 0 Å². The van der Waals surface area contributed by atoms with Gasteiger partial charge in [-0.3, -0.25) is 0 Å². The van der Waals surface area contributed by atoms with Crippen LogP contribution in [0.5, 0.6) is 11.5 Å². The Kier molecular flexibility index (Phi) is 5.71. The van der Waals surface area contributed by atoms with Crippen molar-refractivity contribution in [1.29, 1.82) is 0 Å². The molecule has 0 bridgehead atoms. The van der Waals surface area contributed by atoms with Crippen LogP contribution in [0, 0.1) is 20.8 Å². The molecule has 1 rings (SSSR count). The average Bonchev–Trinajstić information content (AvgIpc) is 2.40. The van der Waals surface area contributed by atoms with E-state index in [4.69, 9.17) is 9.47 Å². The number of ether oxygens (including phenoxy) is 2. The van der Waals surface area contributed by atoms with Gasteiger partial charge in [0.25, 0.3) is 0 Å². The first-order valence-electron chi connectivity index (χ1n) is 7.31. The number of rotatable bonds is 6. The largest absolute Gasteiger partial charge is 0.496 e. The maximum absolute atomic E-state index is 6.18. The lowest BCUT2D eigenvalue weighted by Crippen LogP contribution is -2.14. The molecule has 0 saturated carbocycles. The van der Waals surface area contributed by atoms with Crippen LogP contribution < -0.4 is 9.47 Å². The fourth-order valence-corrected chi connectivity index (χ4v) is 2.46. The van der Waals surface area contributed by atoms with Crippen molar-refractivity contribution in [3.8, 4) is 11.5 Å². The second kappa shape index (κ2) is 6.83. The second-order valence-electron chi connectivity index (χ2n) is 5.30. The van der Waals surface area contributed by atoms with Crippen molar-refractivity contribution in [2.45, 2.75) is 66.9 Å². The van der Waals surface area contributed by atoms with Gasteiger partial charge in [-0.05, 0) is 57.2 Å². The molecule has 1 aromatic carbocycles. The third kappa shape index (κ3) is 3.23. The van der Waals surface area contributed by atoms with Gasteiger partial charge < -0.3 is 9.47 Å². The molecule has 19 heavy (non-hydrogen) atoms. The van der Waals surface area contributed by atoms with E-state index < -0.39 is 0 Å². The molecule has 2 heteroatoms. The average molecular weight is 264 g/mol. The molecule has 0 N–H and O–H groups in total. The summed E-state index contributed by atoms with van der Waals surface area (Å²) in [5.74, 6) is 2.09. The Bertz CT molecular complexity index is 436. The lowest BCUT2D eigenvalue weighted by Gasteiger charge is -2.23. The minimum absolute atomic E-state index is 0.251. The molecule has 0 aliphatic carbocycles. The molecule has 1 atom stereocenters. The summed E-state index contributed by atoms with van der Waals surface area (Å²) in [7, 11) is 1.75. The molecule has 0 aliphatic heterocycles. The predicted octanol–water partition coefficient (Wildman–Crippen LogP) is 4.75. The van der Waals surface area contributed by atoms with E-state index >= 15 is 0 Å². The van der Waals surface area contributed by atoms with Gasteiger partial charge in [-0.1, -0.05) is 20.3 Å². The monoisotopic (exact) mass is 264 g/mol. The first kappa shape index (κ1) is 15.9. The smallest absolute Gasteiger partial charge is 0.126 e. The second-order valence-corrected chi connectivity index (χ2v) is 5.30. The van der Waals surface area contributed by atoms with E-state index in [1.165, 1.54) is 22.3 Å². The third-order valence-corrected chi connectivity index (χ3v) is 3.91. The Morgan fingerprint density at radius 2 is 1.53 bits per heavy atom. The molecule has 108 valence electrons. The zero-order chi connectivity index (χ0) is 14.6. The molecule has 0 heterocycles. The molecule has 0 radical (unpaired) electrons. The Morgan fingerprint density at radius 1 is 0.947 bits per heavy atom. The minimum atomic E-state index is 0.251. The van der Waals surface area contributed by atoms with Gasteiger partial charge in [-0.25, -0.2) is 0 Å². The zero-order valence-electron chi connectivity index (χ0n) is 13.5. The highest BCUT2D eigenvalue weighted by atomic mass is 16.5. The Hall–Kier alpha value is -1.18. The summed E-state index contributed by atoms with van der Waals surface area (Å²) in [5, 5.41) is 0. The van der Waals surface area contributed by atoms with E-state index in [0.717, 1.165) is 30.8 Å². The van der Waals surface area contributed by atoms with Gasteiger partial charge in [0, 0.05) is 5.56 Å². The maximum atomic E-state index is 6.18. The van der Waals surface area contributed by atoms with E-state index in [-0.39, 0.29) is 6.10 Å². The van der Waals surface area contributed by atoms with Crippen LogP contribution in [0.4, 0.5) is 0 Å². The summed E-state index contributed by atoms with van der Waals surface area (Å²) >= 11 is 0. The van der Waals surface area contributed by atoms with Crippen molar-refractivity contribution in [3.63, 3.8) is 0 Å². The van der Waals surface area contributed by atoms with Crippen molar-refractivity contribution in [3.05, 3.63) is 22.3 Å². The maximum Gasteiger partial charge on any atom is 0.126 e. The topological polar surface area (TPSA) is 18.5 Å². The molecule has 0 aliphatic rings. The van der Waals surface area contributed by atoms with Crippen LogP contribution in [-0.4, -0.2) is 13.2 Å². The van der Waals surface area contributed by atoms with Crippen LogP contribution in [0.15, 0.2) is 0 Å². The van der Waals surface area contributed by atoms with Crippen molar-refractivity contribution in [1.82, 2.24) is 0 Å². The van der Waals surface area contributed by atoms with Gasteiger partial charge >= 0.3 is 0 Å². The first-order chi connectivity index (χ1) is 8.97. The van der Waals surface area contributed by atoms with Crippen LogP contribution in [0.3, 0.4) is 0 Å². The standard InChI is InChI=1S/C17H28O2/c1-8-10-15-14(6)16(18-7)12(4)13(5)17(15)19-11(3)9-2/h11H,8-10H2,1-7H3. The van der Waals surface area contributed by atoms with Crippen molar-refractivity contribution in [2.24, 2.45) is 0 Å².